The van der Waals surface area contributed by atoms with Crippen molar-refractivity contribution in [3.8, 4) is 16.9 Å². The summed E-state index contributed by atoms with van der Waals surface area (Å²) in [6.45, 7) is 0. The molecule has 10 heteroatoms. The first-order valence-corrected chi connectivity index (χ1v) is 10.4. The number of hydrogen-bond acceptors (Lipinski definition) is 5. The van der Waals surface area contributed by atoms with Crippen molar-refractivity contribution in [2.24, 2.45) is 4.99 Å². The van der Waals surface area contributed by atoms with Crippen LogP contribution < -0.4 is 10.1 Å². The van der Waals surface area contributed by atoms with Crippen LogP contribution in [-0.2, 0) is 9.84 Å². The number of sulfone groups is 1. The number of halogens is 2. The average Bonchev–Trinajstić information content (AvgIpc) is 2.92. The van der Waals surface area contributed by atoms with E-state index in [0.29, 0.717) is 10.3 Å². The highest BCUT2D eigenvalue weighted by molar-refractivity contribution is 7.92. The Labute approximate surface area is 175 Å². The Hall–Kier alpha value is -2.81. The van der Waals surface area contributed by atoms with Crippen LogP contribution in [0.1, 0.15) is 10.4 Å². The maximum Gasteiger partial charge on any atom is 0.278 e. The van der Waals surface area contributed by atoms with Crippen LogP contribution >= 0.6 is 23.2 Å². The highest BCUT2D eigenvalue weighted by Gasteiger charge is 2.38. The molecule has 1 N–H and O–H groups in total. The zero-order chi connectivity index (χ0) is 20.9. The van der Waals surface area contributed by atoms with Crippen LogP contribution in [0.3, 0.4) is 0 Å². The Bertz CT molecular complexity index is 1340. The highest BCUT2D eigenvalue weighted by atomic mass is 35.5. The Morgan fingerprint density at radius 3 is 2.41 bits per heavy atom. The van der Waals surface area contributed by atoms with Crippen molar-refractivity contribution in [2.75, 3.05) is 7.11 Å². The van der Waals surface area contributed by atoms with Gasteiger partial charge >= 0.3 is 0 Å². The van der Waals surface area contributed by atoms with E-state index in [9.17, 15) is 18.4 Å². The molecule has 0 saturated carbocycles. The molecule has 0 atom stereocenters. The third kappa shape index (κ3) is 3.00. The number of fused-ring (bicyclic) bond motifs is 3. The highest BCUT2D eigenvalue weighted by Crippen LogP contribution is 2.49. The van der Waals surface area contributed by atoms with Crippen molar-refractivity contribution < 1.29 is 23.2 Å². The molecule has 2 heterocycles. The first kappa shape index (κ1) is 19.5. The number of ether oxygens (including phenoxy) is 1. The van der Waals surface area contributed by atoms with E-state index in [-0.39, 0.29) is 42.1 Å². The zero-order valence-electron chi connectivity index (χ0n) is 14.8. The van der Waals surface area contributed by atoms with E-state index in [1.165, 1.54) is 25.3 Å². The predicted molar refractivity (Wildman–Crippen MR) is 105 cm³/mol. The number of carbonyl (C=O) groups excluding carboxylic acids is 1. The minimum absolute atomic E-state index is 0.0395. The molecule has 0 radical (unpaired) electrons. The van der Waals surface area contributed by atoms with E-state index in [1.54, 1.807) is 18.2 Å². The lowest BCUT2D eigenvalue weighted by atomic mass is 9.99. The minimum Gasteiger partial charge on any atom is -0.495 e. The van der Waals surface area contributed by atoms with E-state index < -0.39 is 15.7 Å². The van der Waals surface area contributed by atoms with E-state index in [4.69, 9.17) is 27.9 Å². The molecule has 29 heavy (non-hydrogen) atoms. The zero-order valence-corrected chi connectivity index (χ0v) is 17.1. The quantitative estimate of drug-likeness (QED) is 0.470. The lowest BCUT2D eigenvalue weighted by Gasteiger charge is -2.10. The number of rotatable bonds is 2. The molecule has 0 aliphatic carbocycles. The topological polar surface area (TPSA) is 98.0 Å². The average molecular weight is 451 g/mol. The number of benzene rings is 2. The lowest BCUT2D eigenvalue weighted by molar-refractivity contribution is 0.0998. The smallest absolute Gasteiger partial charge is 0.278 e. The van der Waals surface area contributed by atoms with Crippen molar-refractivity contribution in [2.45, 2.75) is 9.79 Å². The maximum absolute atomic E-state index is 13.0. The Balaban J connectivity index is 2.02. The summed E-state index contributed by atoms with van der Waals surface area (Å²) in [5.41, 5.74) is 0.662. The molecular formula is C19H12Cl2N2O5S. The van der Waals surface area contributed by atoms with Crippen molar-refractivity contribution in [3.63, 3.8) is 0 Å². The number of nitrogens with zero attached hydrogens (tertiary/aromatic N) is 2. The van der Waals surface area contributed by atoms with Gasteiger partial charge in [0.1, 0.15) is 16.0 Å². The summed E-state index contributed by atoms with van der Waals surface area (Å²) in [5, 5.41) is 9.32. The second-order valence-electron chi connectivity index (χ2n) is 6.12. The van der Waals surface area contributed by atoms with Gasteiger partial charge in [-0.25, -0.2) is 13.4 Å². The summed E-state index contributed by atoms with van der Waals surface area (Å²) in [6.07, 6.45) is 2.25. The molecule has 0 bridgehead atoms. The first-order valence-electron chi connectivity index (χ1n) is 8.17. The Morgan fingerprint density at radius 2 is 1.76 bits per heavy atom. The van der Waals surface area contributed by atoms with Gasteiger partial charge < -0.3 is 9.94 Å². The fourth-order valence-corrected chi connectivity index (χ4v) is 5.61. The second kappa shape index (κ2) is 6.91. The third-order valence-corrected chi connectivity index (χ3v) is 6.87. The third-order valence-electron chi connectivity index (χ3n) is 4.44. The number of carbonyl (C=O) groups is 1. The largest absolute Gasteiger partial charge is 0.495 e. The predicted octanol–water partition coefficient (Wildman–Crippen LogP) is 3.60. The summed E-state index contributed by atoms with van der Waals surface area (Å²) in [7, 11) is -2.51. The van der Waals surface area contributed by atoms with Gasteiger partial charge in [-0.2, -0.15) is 4.73 Å². The van der Waals surface area contributed by atoms with E-state index >= 15 is 0 Å². The van der Waals surface area contributed by atoms with Gasteiger partial charge in [-0.1, -0.05) is 41.4 Å². The van der Waals surface area contributed by atoms with E-state index in [0.717, 1.165) is 12.4 Å². The SMILES string of the molecule is COc1ccc(C(=O)N=c2c(Cl)cn(O)cc2Cl)c2c1S(=O)(=O)c1ccccc1-2. The molecule has 0 fully saturated rings. The van der Waals surface area contributed by atoms with E-state index in [1.807, 2.05) is 0 Å². The molecule has 4 rings (SSSR count). The maximum atomic E-state index is 13.0. The molecule has 1 aliphatic heterocycles. The summed E-state index contributed by atoms with van der Waals surface area (Å²) in [5.74, 6) is -0.611. The van der Waals surface area contributed by atoms with Gasteiger partial charge in [0.2, 0.25) is 9.84 Å². The fourth-order valence-electron chi connectivity index (χ4n) is 3.23. The molecule has 1 amide bonds. The summed E-state index contributed by atoms with van der Waals surface area (Å²) in [6, 6.07) is 9.22. The van der Waals surface area contributed by atoms with Gasteiger partial charge in [-0.3, -0.25) is 4.79 Å². The lowest BCUT2D eigenvalue weighted by Crippen LogP contribution is -2.13. The standard InChI is InChI=1S/C19H12Cl2N2O5S/c1-28-14-7-6-11(19(24)22-17-12(20)8-23(25)9-13(17)21)16-10-4-2-3-5-15(10)29(26,27)18(14)16/h2-9,25H,1H3. The van der Waals surface area contributed by atoms with Gasteiger partial charge in [0.05, 0.1) is 40.0 Å². The van der Waals surface area contributed by atoms with Gasteiger partial charge in [0, 0.05) is 11.1 Å². The molecular weight excluding hydrogens is 439 g/mol. The Morgan fingerprint density at radius 1 is 1.10 bits per heavy atom. The summed E-state index contributed by atoms with van der Waals surface area (Å²) < 4.78 is 32.0. The molecule has 2 aromatic carbocycles. The molecule has 0 spiro atoms. The second-order valence-corrected chi connectivity index (χ2v) is 8.79. The number of pyridine rings is 1. The molecule has 1 aromatic heterocycles. The van der Waals surface area contributed by atoms with E-state index in [2.05, 4.69) is 4.99 Å². The van der Waals surface area contributed by atoms with Crippen LogP contribution in [0.4, 0.5) is 0 Å². The number of amides is 1. The van der Waals surface area contributed by atoms with Crippen LogP contribution in [0.2, 0.25) is 10.0 Å². The van der Waals surface area contributed by atoms with Crippen molar-refractivity contribution in [3.05, 3.63) is 69.8 Å². The number of aromatic nitrogens is 1. The first-order chi connectivity index (χ1) is 13.8. The van der Waals surface area contributed by atoms with Crippen molar-refractivity contribution >= 4 is 38.9 Å². The molecule has 1 aliphatic rings. The Kier molecular flexibility index (Phi) is 4.65. The van der Waals surface area contributed by atoms with Crippen LogP contribution in [0.15, 0.2) is 63.6 Å². The van der Waals surface area contributed by atoms with Gasteiger partial charge in [0.25, 0.3) is 5.91 Å². The number of methoxy groups -OCH3 is 1. The molecule has 0 saturated heterocycles. The normalized spacial score (nSPS) is 13.5. The molecule has 3 aromatic rings. The van der Waals surface area contributed by atoms with Gasteiger partial charge in [-0.05, 0) is 18.2 Å². The molecule has 0 unspecified atom stereocenters. The van der Waals surface area contributed by atoms with Crippen LogP contribution in [0.25, 0.3) is 11.1 Å². The van der Waals surface area contributed by atoms with Crippen LogP contribution in [-0.4, -0.2) is 31.4 Å². The summed E-state index contributed by atoms with van der Waals surface area (Å²) in [4.78, 5) is 17.0. The van der Waals surface area contributed by atoms with Gasteiger partial charge in [-0.15, -0.1) is 0 Å². The molecule has 7 nitrogen and oxygen atoms in total. The monoisotopic (exact) mass is 450 g/mol. The number of hydrogen-bond donors (Lipinski definition) is 1. The fraction of sp³-hybridized carbons (Fsp3) is 0.0526. The van der Waals surface area contributed by atoms with Crippen LogP contribution in [0, 0.1) is 0 Å². The summed E-state index contributed by atoms with van der Waals surface area (Å²) >= 11 is 12.1. The van der Waals surface area contributed by atoms with Gasteiger partial charge in [0.15, 0.2) is 0 Å². The van der Waals surface area contributed by atoms with Crippen molar-refractivity contribution in [1.82, 2.24) is 4.73 Å². The van der Waals surface area contributed by atoms with Crippen LogP contribution in [0.5, 0.6) is 5.75 Å². The molecule has 148 valence electrons. The van der Waals surface area contributed by atoms with Crippen molar-refractivity contribution in [1.29, 1.82) is 0 Å². The minimum atomic E-state index is -3.87.